The molecule has 0 saturated carbocycles. The van der Waals surface area contributed by atoms with Gasteiger partial charge in [0.2, 0.25) is 0 Å². The summed E-state index contributed by atoms with van der Waals surface area (Å²) in [5.41, 5.74) is 2.78. The molecule has 0 bridgehead atoms. The minimum Gasteiger partial charge on any atom is -0.381 e. The Morgan fingerprint density at radius 3 is 2.29 bits per heavy atom. The van der Waals surface area contributed by atoms with Crippen molar-refractivity contribution in [3.8, 4) is 0 Å². The van der Waals surface area contributed by atoms with E-state index in [0.29, 0.717) is 0 Å². The molecule has 2 rings (SSSR count). The van der Waals surface area contributed by atoms with E-state index < -0.39 is 0 Å². The van der Waals surface area contributed by atoms with Crippen molar-refractivity contribution in [3.63, 3.8) is 0 Å². The van der Waals surface area contributed by atoms with Crippen LogP contribution in [0.3, 0.4) is 0 Å². The average molecular weight is 234 g/mol. The van der Waals surface area contributed by atoms with Crippen LogP contribution in [0.15, 0.2) is 24.3 Å². The highest BCUT2D eigenvalue weighted by Gasteiger charge is 2.09. The molecule has 17 heavy (non-hydrogen) atoms. The minimum atomic E-state index is 0.962. The molecule has 0 spiro atoms. The van der Waals surface area contributed by atoms with Gasteiger partial charge in [-0.1, -0.05) is 50.1 Å². The van der Waals surface area contributed by atoms with E-state index in [1.54, 1.807) is 0 Å². The lowest BCUT2D eigenvalue weighted by Gasteiger charge is -2.19. The lowest BCUT2D eigenvalue weighted by molar-refractivity contribution is 0.0654. The Kier molecular flexibility index (Phi) is 6.95. The van der Waals surface area contributed by atoms with Crippen molar-refractivity contribution in [2.75, 3.05) is 13.2 Å². The minimum absolute atomic E-state index is 0.962. The average Bonchev–Trinajstić information content (AvgIpc) is 2.40. The second-order valence-electron chi connectivity index (χ2n) is 4.81. The first kappa shape index (κ1) is 14.2. The highest BCUT2D eigenvalue weighted by molar-refractivity contribution is 5.21. The van der Waals surface area contributed by atoms with Crippen molar-refractivity contribution in [1.29, 1.82) is 0 Å². The third-order valence-electron chi connectivity index (χ3n) is 3.41. The molecule has 1 fully saturated rings. The summed E-state index contributed by atoms with van der Waals surface area (Å²) in [6, 6.07) is 8.61. The molecule has 1 heteroatoms. The molecule has 0 amide bonds. The van der Waals surface area contributed by atoms with Crippen LogP contribution in [-0.4, -0.2) is 13.2 Å². The molecule has 0 atom stereocenters. The fourth-order valence-corrected chi connectivity index (χ4v) is 2.09. The van der Waals surface area contributed by atoms with Gasteiger partial charge in [0.1, 0.15) is 0 Å². The Morgan fingerprint density at radius 1 is 1.18 bits per heavy atom. The maximum Gasteiger partial charge on any atom is 0.0468 e. The Hall–Kier alpha value is -0.820. The lowest BCUT2D eigenvalue weighted by atomic mass is 9.98. The zero-order chi connectivity index (χ0) is 12.5. The summed E-state index contributed by atoms with van der Waals surface area (Å²) in [5.74, 6) is 0.962. The Bertz CT molecular complexity index is 300. The van der Waals surface area contributed by atoms with E-state index >= 15 is 0 Å². The maximum absolute atomic E-state index is 5.20. The molecule has 0 unspecified atom stereocenters. The van der Waals surface area contributed by atoms with Gasteiger partial charge in [-0.15, -0.1) is 0 Å². The maximum atomic E-state index is 5.20. The molecule has 0 aromatic heterocycles. The number of hydrogen-bond donors (Lipinski definition) is 0. The molecule has 1 heterocycles. The summed E-state index contributed by atoms with van der Waals surface area (Å²) in [6.07, 6.45) is 5.05. The van der Waals surface area contributed by atoms with Crippen LogP contribution in [-0.2, 0) is 11.2 Å². The van der Waals surface area contributed by atoms with Gasteiger partial charge in [-0.05, 0) is 37.7 Å². The van der Waals surface area contributed by atoms with Crippen molar-refractivity contribution in [3.05, 3.63) is 35.4 Å². The van der Waals surface area contributed by atoms with Crippen LogP contribution in [0.25, 0.3) is 0 Å². The lowest BCUT2D eigenvalue weighted by Crippen LogP contribution is -2.14. The van der Waals surface area contributed by atoms with E-state index in [1.165, 1.54) is 30.4 Å². The molecule has 0 radical (unpaired) electrons. The number of benzene rings is 1. The Morgan fingerprint density at radius 2 is 1.88 bits per heavy atom. The second-order valence-corrected chi connectivity index (χ2v) is 4.81. The number of ether oxygens (including phenoxy) is 1. The molecular formula is C16H26O. The van der Waals surface area contributed by atoms with Crippen LogP contribution >= 0.6 is 0 Å². The fourth-order valence-electron chi connectivity index (χ4n) is 2.09. The summed E-state index contributed by atoms with van der Waals surface area (Å²) in [6.45, 7) is 8.56. The summed E-state index contributed by atoms with van der Waals surface area (Å²) < 4.78 is 5.20. The van der Waals surface area contributed by atoms with E-state index in [0.717, 1.165) is 25.6 Å². The molecule has 1 aliphatic heterocycles. The normalized spacial score (nSPS) is 16.2. The molecule has 1 aromatic carbocycles. The summed E-state index contributed by atoms with van der Waals surface area (Å²) in [4.78, 5) is 0. The number of rotatable bonds is 2. The van der Waals surface area contributed by atoms with Gasteiger partial charge in [0, 0.05) is 13.2 Å². The first-order valence-corrected chi connectivity index (χ1v) is 6.89. The summed E-state index contributed by atoms with van der Waals surface area (Å²) in [5, 5.41) is 0. The third kappa shape index (κ3) is 5.88. The van der Waals surface area contributed by atoms with Crippen molar-refractivity contribution in [1.82, 2.24) is 0 Å². The topological polar surface area (TPSA) is 9.23 Å². The largest absolute Gasteiger partial charge is 0.381 e. The van der Waals surface area contributed by atoms with Gasteiger partial charge in [0.05, 0.1) is 0 Å². The van der Waals surface area contributed by atoms with Crippen LogP contribution in [0, 0.1) is 12.8 Å². The molecule has 96 valence electrons. The molecule has 0 aliphatic carbocycles. The third-order valence-corrected chi connectivity index (χ3v) is 3.41. The van der Waals surface area contributed by atoms with Gasteiger partial charge < -0.3 is 4.74 Å². The molecule has 1 aliphatic rings. The Labute approximate surface area is 106 Å². The van der Waals surface area contributed by atoms with Gasteiger partial charge in [0.25, 0.3) is 0 Å². The van der Waals surface area contributed by atoms with E-state index in [4.69, 9.17) is 4.74 Å². The molecule has 0 N–H and O–H groups in total. The van der Waals surface area contributed by atoms with Crippen molar-refractivity contribution in [2.45, 2.75) is 46.5 Å². The molecule has 1 aromatic rings. The second kappa shape index (κ2) is 8.30. The first-order valence-electron chi connectivity index (χ1n) is 6.89. The predicted molar refractivity (Wildman–Crippen MR) is 74.4 cm³/mol. The fraction of sp³-hybridized carbons (Fsp3) is 0.625. The number of hydrogen-bond acceptors (Lipinski definition) is 1. The van der Waals surface area contributed by atoms with Crippen molar-refractivity contribution < 1.29 is 4.74 Å². The zero-order valence-electron chi connectivity index (χ0n) is 11.5. The first-order chi connectivity index (χ1) is 8.26. The molecular weight excluding hydrogens is 208 g/mol. The predicted octanol–water partition coefficient (Wildman–Crippen LogP) is 4.38. The molecule has 1 nitrogen and oxygen atoms in total. The van der Waals surface area contributed by atoms with E-state index in [-0.39, 0.29) is 0 Å². The van der Waals surface area contributed by atoms with Gasteiger partial charge in [-0.3, -0.25) is 0 Å². The molecule has 1 saturated heterocycles. The van der Waals surface area contributed by atoms with Gasteiger partial charge in [-0.2, -0.15) is 0 Å². The zero-order valence-corrected chi connectivity index (χ0v) is 11.5. The van der Waals surface area contributed by atoms with Gasteiger partial charge >= 0.3 is 0 Å². The van der Waals surface area contributed by atoms with Gasteiger partial charge in [-0.25, -0.2) is 0 Å². The van der Waals surface area contributed by atoms with Crippen LogP contribution < -0.4 is 0 Å². The van der Waals surface area contributed by atoms with Crippen LogP contribution in [0.5, 0.6) is 0 Å². The number of aryl methyl sites for hydroxylation is 2. The highest BCUT2D eigenvalue weighted by Crippen LogP contribution is 2.16. The quantitative estimate of drug-likeness (QED) is 0.738. The van der Waals surface area contributed by atoms with E-state index in [1.807, 2.05) is 0 Å². The summed E-state index contributed by atoms with van der Waals surface area (Å²) >= 11 is 0. The van der Waals surface area contributed by atoms with Gasteiger partial charge in [0.15, 0.2) is 0 Å². The van der Waals surface area contributed by atoms with Crippen LogP contribution in [0.4, 0.5) is 0 Å². The monoisotopic (exact) mass is 234 g/mol. The standard InChI is InChI=1S/C9H12.C7H14O/c1-3-9-6-4-5-8(2)7-9;1-2-7-3-5-8-6-4-7/h4-7H,3H2,1-2H3;7H,2-6H2,1H3. The van der Waals surface area contributed by atoms with Crippen molar-refractivity contribution >= 4 is 0 Å². The smallest absolute Gasteiger partial charge is 0.0468 e. The SMILES string of the molecule is CCC1CCOCC1.CCc1cccc(C)c1. The van der Waals surface area contributed by atoms with E-state index in [2.05, 4.69) is 45.0 Å². The Balaban J connectivity index is 0.000000171. The highest BCUT2D eigenvalue weighted by atomic mass is 16.5. The summed E-state index contributed by atoms with van der Waals surface area (Å²) in [7, 11) is 0. The van der Waals surface area contributed by atoms with Crippen LogP contribution in [0.2, 0.25) is 0 Å². The van der Waals surface area contributed by atoms with Crippen LogP contribution in [0.1, 0.15) is 44.2 Å². The van der Waals surface area contributed by atoms with E-state index in [9.17, 15) is 0 Å². The van der Waals surface area contributed by atoms with Crippen molar-refractivity contribution in [2.24, 2.45) is 5.92 Å².